The van der Waals surface area contributed by atoms with Gasteiger partial charge in [-0.25, -0.2) is 0 Å². The van der Waals surface area contributed by atoms with Crippen molar-refractivity contribution in [2.45, 2.75) is 19.4 Å². The Labute approximate surface area is 105 Å². The molecule has 1 saturated heterocycles. The number of carbonyl (C=O) groups excluding carboxylic acids is 1. The number of ether oxygens (including phenoxy) is 1. The van der Waals surface area contributed by atoms with Gasteiger partial charge in [-0.3, -0.25) is 4.79 Å². The molecule has 0 radical (unpaired) electrons. The number of hydrogen-bond donors (Lipinski definition) is 2. The summed E-state index contributed by atoms with van der Waals surface area (Å²) in [4.78, 5) is 12.1. The Balaban J connectivity index is 1.71. The largest absolute Gasteiger partial charge is 0.381 e. The van der Waals surface area contributed by atoms with Gasteiger partial charge in [0.15, 0.2) is 0 Å². The van der Waals surface area contributed by atoms with Gasteiger partial charge < -0.3 is 15.8 Å². The van der Waals surface area contributed by atoms with Crippen LogP contribution in [0.25, 0.3) is 0 Å². The van der Waals surface area contributed by atoms with Crippen LogP contribution in [0.5, 0.6) is 0 Å². The third-order valence-electron chi connectivity index (χ3n) is 3.01. The molecule has 0 aliphatic carbocycles. The van der Waals surface area contributed by atoms with Gasteiger partial charge in [-0.2, -0.15) is 0 Å². The van der Waals surface area contributed by atoms with Gasteiger partial charge >= 0.3 is 0 Å². The number of primary amides is 1. The van der Waals surface area contributed by atoms with Gasteiger partial charge in [-0.05, 0) is 31.4 Å². The van der Waals surface area contributed by atoms with E-state index in [1.54, 1.807) is 11.3 Å². The molecule has 0 bridgehead atoms. The molecule has 1 aliphatic rings. The lowest BCUT2D eigenvalue weighted by Crippen LogP contribution is -2.27. The molecule has 17 heavy (non-hydrogen) atoms. The second-order valence-electron chi connectivity index (χ2n) is 4.35. The highest BCUT2D eigenvalue weighted by Crippen LogP contribution is 2.16. The number of amides is 1. The summed E-state index contributed by atoms with van der Waals surface area (Å²) >= 11 is 1.58. The van der Waals surface area contributed by atoms with Crippen LogP contribution in [0.3, 0.4) is 0 Å². The first-order valence-corrected chi connectivity index (χ1v) is 6.79. The summed E-state index contributed by atoms with van der Waals surface area (Å²) in [6, 6.07) is 1.87. The Kier molecular flexibility index (Phi) is 4.53. The maximum atomic E-state index is 10.9. The quantitative estimate of drug-likeness (QED) is 0.834. The summed E-state index contributed by atoms with van der Waals surface area (Å²) in [7, 11) is 0. The molecule has 1 aromatic rings. The van der Waals surface area contributed by atoms with Crippen LogP contribution in [0.15, 0.2) is 11.4 Å². The van der Waals surface area contributed by atoms with Crippen LogP contribution in [-0.4, -0.2) is 25.7 Å². The highest BCUT2D eigenvalue weighted by atomic mass is 32.1. The number of rotatable bonds is 5. The van der Waals surface area contributed by atoms with Crippen LogP contribution in [0.4, 0.5) is 0 Å². The van der Waals surface area contributed by atoms with E-state index in [-0.39, 0.29) is 5.91 Å². The Morgan fingerprint density at radius 1 is 1.53 bits per heavy atom. The van der Waals surface area contributed by atoms with Gasteiger partial charge in [0.1, 0.15) is 0 Å². The molecule has 94 valence electrons. The highest BCUT2D eigenvalue weighted by Gasteiger charge is 2.13. The van der Waals surface area contributed by atoms with Crippen LogP contribution in [0.1, 0.15) is 28.1 Å². The summed E-state index contributed by atoms with van der Waals surface area (Å²) in [5.41, 5.74) is 5.82. The van der Waals surface area contributed by atoms with Crippen LogP contribution < -0.4 is 11.1 Å². The van der Waals surface area contributed by atoms with Gasteiger partial charge in [-0.1, -0.05) is 0 Å². The Morgan fingerprint density at radius 2 is 2.29 bits per heavy atom. The zero-order chi connectivity index (χ0) is 12.1. The molecule has 1 aliphatic heterocycles. The van der Waals surface area contributed by atoms with E-state index in [0.717, 1.165) is 49.9 Å². The van der Waals surface area contributed by atoms with E-state index in [0.29, 0.717) is 5.56 Å². The normalized spacial score (nSPS) is 17.2. The lowest BCUT2D eigenvalue weighted by molar-refractivity contribution is 0.0662. The number of thiophene rings is 1. The van der Waals surface area contributed by atoms with Crippen molar-refractivity contribution in [2.75, 3.05) is 19.8 Å². The predicted molar refractivity (Wildman–Crippen MR) is 68.1 cm³/mol. The zero-order valence-electron chi connectivity index (χ0n) is 9.78. The molecule has 0 unspecified atom stereocenters. The van der Waals surface area contributed by atoms with E-state index in [4.69, 9.17) is 10.5 Å². The van der Waals surface area contributed by atoms with Gasteiger partial charge in [0, 0.05) is 30.0 Å². The van der Waals surface area contributed by atoms with E-state index in [9.17, 15) is 4.79 Å². The van der Waals surface area contributed by atoms with Crippen molar-refractivity contribution in [3.8, 4) is 0 Å². The smallest absolute Gasteiger partial charge is 0.249 e. The lowest BCUT2D eigenvalue weighted by Gasteiger charge is -2.22. The SMILES string of the molecule is NC(=O)c1csc(CNCC2CCOCC2)c1. The van der Waals surface area contributed by atoms with Gasteiger partial charge in [0.25, 0.3) is 0 Å². The van der Waals surface area contributed by atoms with Crippen molar-refractivity contribution < 1.29 is 9.53 Å². The minimum Gasteiger partial charge on any atom is -0.381 e. The van der Waals surface area contributed by atoms with E-state index in [2.05, 4.69) is 5.32 Å². The second-order valence-corrected chi connectivity index (χ2v) is 5.35. The second kappa shape index (κ2) is 6.14. The number of hydrogen-bond acceptors (Lipinski definition) is 4. The molecule has 0 atom stereocenters. The van der Waals surface area contributed by atoms with Gasteiger partial charge in [0.2, 0.25) is 5.91 Å². The van der Waals surface area contributed by atoms with Crippen molar-refractivity contribution in [3.63, 3.8) is 0 Å². The summed E-state index contributed by atoms with van der Waals surface area (Å²) < 4.78 is 5.32. The molecule has 3 N–H and O–H groups in total. The minimum absolute atomic E-state index is 0.350. The number of carbonyl (C=O) groups is 1. The Hall–Kier alpha value is -0.910. The maximum Gasteiger partial charge on any atom is 0.249 e. The molecule has 1 amide bonds. The lowest BCUT2D eigenvalue weighted by atomic mass is 10.0. The monoisotopic (exact) mass is 254 g/mol. The zero-order valence-corrected chi connectivity index (χ0v) is 10.6. The molecule has 2 rings (SSSR count). The maximum absolute atomic E-state index is 10.9. The van der Waals surface area contributed by atoms with Crippen LogP contribution in [0.2, 0.25) is 0 Å². The standard InChI is InChI=1S/C12H18N2O2S/c13-12(15)10-5-11(17-8-10)7-14-6-9-1-3-16-4-2-9/h5,8-9,14H,1-4,6-7H2,(H2,13,15). The summed E-state index contributed by atoms with van der Waals surface area (Å²) in [5.74, 6) is 0.372. The van der Waals surface area contributed by atoms with Gasteiger partial charge in [-0.15, -0.1) is 11.3 Å². The van der Waals surface area contributed by atoms with E-state index in [1.807, 2.05) is 11.4 Å². The number of nitrogens with two attached hydrogens (primary N) is 1. The third-order valence-corrected chi connectivity index (χ3v) is 3.95. The van der Waals surface area contributed by atoms with Crippen molar-refractivity contribution in [2.24, 2.45) is 11.7 Å². The molecule has 0 spiro atoms. The van der Waals surface area contributed by atoms with Gasteiger partial charge in [0.05, 0.1) is 5.56 Å². The van der Waals surface area contributed by atoms with Crippen molar-refractivity contribution >= 4 is 17.2 Å². The molecular formula is C12H18N2O2S. The predicted octanol–water partition coefficient (Wildman–Crippen LogP) is 1.36. The molecule has 1 aromatic heterocycles. The summed E-state index contributed by atoms with van der Waals surface area (Å²) in [6.07, 6.45) is 2.29. The molecule has 5 heteroatoms. The molecule has 0 aromatic carbocycles. The topological polar surface area (TPSA) is 64.4 Å². The van der Waals surface area contributed by atoms with E-state index >= 15 is 0 Å². The van der Waals surface area contributed by atoms with Crippen LogP contribution in [-0.2, 0) is 11.3 Å². The molecule has 0 saturated carbocycles. The molecule has 1 fully saturated rings. The van der Waals surface area contributed by atoms with Crippen molar-refractivity contribution in [1.82, 2.24) is 5.32 Å². The summed E-state index contributed by atoms with van der Waals surface area (Å²) in [5, 5.41) is 5.24. The van der Waals surface area contributed by atoms with E-state index in [1.165, 1.54) is 0 Å². The average Bonchev–Trinajstić information content (AvgIpc) is 2.79. The third kappa shape index (κ3) is 3.80. The van der Waals surface area contributed by atoms with Crippen LogP contribution >= 0.6 is 11.3 Å². The fourth-order valence-corrected chi connectivity index (χ4v) is 2.80. The van der Waals surface area contributed by atoms with Crippen molar-refractivity contribution in [3.05, 3.63) is 21.9 Å². The molecular weight excluding hydrogens is 236 g/mol. The molecule has 2 heterocycles. The fraction of sp³-hybridized carbons (Fsp3) is 0.583. The molecule has 4 nitrogen and oxygen atoms in total. The van der Waals surface area contributed by atoms with Crippen LogP contribution in [0, 0.1) is 5.92 Å². The average molecular weight is 254 g/mol. The van der Waals surface area contributed by atoms with Crippen molar-refractivity contribution in [1.29, 1.82) is 0 Å². The number of nitrogens with one attached hydrogen (secondary N) is 1. The fourth-order valence-electron chi connectivity index (χ4n) is 1.95. The first kappa shape index (κ1) is 12.5. The van der Waals surface area contributed by atoms with E-state index < -0.39 is 0 Å². The Morgan fingerprint density at radius 3 is 2.94 bits per heavy atom. The summed E-state index contributed by atoms with van der Waals surface area (Å²) in [6.45, 7) is 3.61. The highest BCUT2D eigenvalue weighted by molar-refractivity contribution is 7.10. The first-order valence-electron chi connectivity index (χ1n) is 5.91. The Bertz CT molecular complexity index is 372. The minimum atomic E-state index is -0.350. The first-order chi connectivity index (χ1) is 8.25.